The zero-order valence-electron chi connectivity index (χ0n) is 10.9. The fraction of sp³-hybridized carbons (Fsp3) is 0.286. The maximum Gasteiger partial charge on any atom is 0.237 e. The van der Waals surface area contributed by atoms with E-state index in [1.807, 2.05) is 33.0 Å². The van der Waals surface area contributed by atoms with Gasteiger partial charge in [0.2, 0.25) is 5.88 Å². The van der Waals surface area contributed by atoms with E-state index in [1.165, 1.54) is 0 Å². The largest absolute Gasteiger partial charge is 0.437 e. The van der Waals surface area contributed by atoms with Crippen LogP contribution in [0.1, 0.15) is 16.8 Å². The molecule has 94 valence electrons. The molecule has 2 aromatic rings. The quantitative estimate of drug-likeness (QED) is 0.896. The van der Waals surface area contributed by atoms with Gasteiger partial charge in [-0.05, 0) is 38.1 Å². The molecule has 0 bridgehead atoms. The number of aromatic nitrogens is 2. The van der Waals surface area contributed by atoms with Crippen molar-refractivity contribution >= 4 is 0 Å². The molecule has 0 saturated heterocycles. The predicted molar refractivity (Wildman–Crippen MR) is 70.8 cm³/mol. The van der Waals surface area contributed by atoms with Crippen molar-refractivity contribution in [2.45, 2.75) is 20.4 Å². The van der Waals surface area contributed by atoms with E-state index >= 15 is 0 Å². The highest BCUT2D eigenvalue weighted by atomic mass is 16.5. The lowest BCUT2D eigenvalue weighted by Crippen LogP contribution is -2.07. The van der Waals surface area contributed by atoms with Gasteiger partial charge in [0.25, 0.3) is 0 Å². The molecule has 4 nitrogen and oxygen atoms in total. The molecule has 1 aromatic carbocycles. The average Bonchev–Trinajstić information content (AvgIpc) is 2.37. The lowest BCUT2D eigenvalue weighted by atomic mass is 10.1. The minimum Gasteiger partial charge on any atom is -0.437 e. The third-order valence-electron chi connectivity index (χ3n) is 2.60. The molecular weight excluding hydrogens is 226 g/mol. The molecule has 0 aliphatic rings. The Labute approximate surface area is 107 Å². The third kappa shape index (κ3) is 3.05. The molecule has 1 N–H and O–H groups in total. The topological polar surface area (TPSA) is 47.0 Å². The van der Waals surface area contributed by atoms with Crippen LogP contribution in [-0.4, -0.2) is 17.0 Å². The molecule has 0 amide bonds. The summed E-state index contributed by atoms with van der Waals surface area (Å²) in [6, 6.07) is 6.09. The highest BCUT2D eigenvalue weighted by molar-refractivity contribution is 5.38. The van der Waals surface area contributed by atoms with Crippen molar-refractivity contribution in [3.63, 3.8) is 0 Å². The smallest absolute Gasteiger partial charge is 0.237 e. The van der Waals surface area contributed by atoms with Gasteiger partial charge < -0.3 is 10.1 Å². The van der Waals surface area contributed by atoms with Crippen LogP contribution in [0.2, 0.25) is 0 Å². The number of benzene rings is 1. The second-order valence-electron chi connectivity index (χ2n) is 4.25. The van der Waals surface area contributed by atoms with Crippen LogP contribution < -0.4 is 10.1 Å². The lowest BCUT2D eigenvalue weighted by Gasteiger charge is -2.08. The summed E-state index contributed by atoms with van der Waals surface area (Å²) in [5.74, 6) is 1.34. The van der Waals surface area contributed by atoms with Crippen molar-refractivity contribution in [3.8, 4) is 11.6 Å². The SMILES string of the molecule is CNCc1cnc(Oc2cc(C)ccc2C)cn1. The molecule has 2 rings (SSSR count). The summed E-state index contributed by atoms with van der Waals surface area (Å²) in [5, 5.41) is 3.03. The van der Waals surface area contributed by atoms with E-state index in [2.05, 4.69) is 21.4 Å². The van der Waals surface area contributed by atoms with E-state index in [-0.39, 0.29) is 0 Å². The van der Waals surface area contributed by atoms with Gasteiger partial charge in [-0.2, -0.15) is 0 Å². The molecule has 4 heteroatoms. The zero-order valence-corrected chi connectivity index (χ0v) is 10.9. The van der Waals surface area contributed by atoms with Gasteiger partial charge in [0, 0.05) is 6.54 Å². The highest BCUT2D eigenvalue weighted by Gasteiger charge is 2.03. The van der Waals surface area contributed by atoms with Crippen LogP contribution >= 0.6 is 0 Å². The zero-order chi connectivity index (χ0) is 13.0. The minimum absolute atomic E-state index is 0.517. The summed E-state index contributed by atoms with van der Waals surface area (Å²) >= 11 is 0. The first-order valence-corrected chi connectivity index (χ1v) is 5.89. The summed E-state index contributed by atoms with van der Waals surface area (Å²) in [7, 11) is 1.88. The Balaban J connectivity index is 2.15. The molecule has 1 aromatic heterocycles. The van der Waals surface area contributed by atoms with Crippen LogP contribution in [0.4, 0.5) is 0 Å². The molecule has 0 unspecified atom stereocenters. The van der Waals surface area contributed by atoms with Gasteiger partial charge in [0.05, 0.1) is 18.1 Å². The van der Waals surface area contributed by atoms with Crippen LogP contribution in [0, 0.1) is 13.8 Å². The van der Waals surface area contributed by atoms with E-state index in [0.717, 1.165) is 22.6 Å². The summed E-state index contributed by atoms with van der Waals surface area (Å²) in [6.45, 7) is 4.75. The number of hydrogen-bond acceptors (Lipinski definition) is 4. The van der Waals surface area contributed by atoms with Crippen molar-refractivity contribution in [1.82, 2.24) is 15.3 Å². The van der Waals surface area contributed by atoms with E-state index in [0.29, 0.717) is 12.4 Å². The molecule has 1 heterocycles. The molecule has 0 aliphatic carbocycles. The molecular formula is C14H17N3O. The molecule has 0 fully saturated rings. The Bertz CT molecular complexity index is 523. The van der Waals surface area contributed by atoms with Gasteiger partial charge in [-0.1, -0.05) is 12.1 Å². The van der Waals surface area contributed by atoms with Crippen molar-refractivity contribution in [3.05, 3.63) is 47.4 Å². The highest BCUT2D eigenvalue weighted by Crippen LogP contribution is 2.24. The normalized spacial score (nSPS) is 10.4. The van der Waals surface area contributed by atoms with E-state index in [1.54, 1.807) is 12.4 Å². The van der Waals surface area contributed by atoms with E-state index in [4.69, 9.17) is 4.74 Å². The van der Waals surface area contributed by atoms with E-state index < -0.39 is 0 Å². The molecule has 0 aliphatic heterocycles. The Morgan fingerprint density at radius 3 is 2.67 bits per heavy atom. The van der Waals surface area contributed by atoms with Gasteiger partial charge in [-0.3, -0.25) is 4.98 Å². The van der Waals surface area contributed by atoms with Gasteiger partial charge in [0.1, 0.15) is 5.75 Å². The summed E-state index contributed by atoms with van der Waals surface area (Å²) in [4.78, 5) is 8.51. The van der Waals surface area contributed by atoms with Crippen LogP contribution in [0.25, 0.3) is 0 Å². The summed E-state index contributed by atoms with van der Waals surface area (Å²) in [5.41, 5.74) is 3.14. The minimum atomic E-state index is 0.517. The molecule has 0 saturated carbocycles. The maximum absolute atomic E-state index is 5.73. The first-order valence-electron chi connectivity index (χ1n) is 5.89. The summed E-state index contributed by atoms with van der Waals surface area (Å²) in [6.07, 6.45) is 3.37. The maximum atomic E-state index is 5.73. The molecule has 0 radical (unpaired) electrons. The average molecular weight is 243 g/mol. The first-order chi connectivity index (χ1) is 8.69. The predicted octanol–water partition coefficient (Wildman–Crippen LogP) is 2.61. The number of nitrogens with zero attached hydrogens (tertiary/aromatic N) is 2. The van der Waals surface area contributed by atoms with Crippen molar-refractivity contribution in [2.24, 2.45) is 0 Å². The van der Waals surface area contributed by atoms with Crippen molar-refractivity contribution < 1.29 is 4.74 Å². The number of rotatable bonds is 4. The lowest BCUT2D eigenvalue weighted by molar-refractivity contribution is 0.455. The van der Waals surface area contributed by atoms with Crippen LogP contribution in [0.3, 0.4) is 0 Å². The van der Waals surface area contributed by atoms with Crippen molar-refractivity contribution in [1.29, 1.82) is 0 Å². The second-order valence-corrected chi connectivity index (χ2v) is 4.25. The summed E-state index contributed by atoms with van der Waals surface area (Å²) < 4.78 is 5.73. The Hall–Kier alpha value is -1.94. The standard InChI is InChI=1S/C14H17N3O/c1-10-4-5-11(2)13(6-10)18-14-9-16-12(7-15-3)8-17-14/h4-6,8-9,15H,7H2,1-3H3. The Kier molecular flexibility index (Phi) is 3.89. The van der Waals surface area contributed by atoms with Crippen molar-refractivity contribution in [2.75, 3.05) is 7.05 Å². The molecule has 0 atom stereocenters. The third-order valence-corrected chi connectivity index (χ3v) is 2.60. The monoisotopic (exact) mass is 243 g/mol. The van der Waals surface area contributed by atoms with E-state index in [9.17, 15) is 0 Å². The number of aryl methyl sites for hydroxylation is 2. The fourth-order valence-corrected chi connectivity index (χ4v) is 1.60. The number of ether oxygens (including phenoxy) is 1. The van der Waals surface area contributed by atoms with Gasteiger partial charge in [-0.25, -0.2) is 4.98 Å². The first kappa shape index (κ1) is 12.5. The van der Waals surface area contributed by atoms with Crippen LogP contribution in [0.5, 0.6) is 11.6 Å². The van der Waals surface area contributed by atoms with Gasteiger partial charge in [0.15, 0.2) is 0 Å². The van der Waals surface area contributed by atoms with Gasteiger partial charge in [-0.15, -0.1) is 0 Å². The Morgan fingerprint density at radius 1 is 1.17 bits per heavy atom. The van der Waals surface area contributed by atoms with Gasteiger partial charge >= 0.3 is 0 Å². The number of hydrogen-bond donors (Lipinski definition) is 1. The molecule has 0 spiro atoms. The molecule has 18 heavy (non-hydrogen) atoms. The van der Waals surface area contributed by atoms with Crippen LogP contribution in [0.15, 0.2) is 30.6 Å². The second kappa shape index (κ2) is 5.60. The van der Waals surface area contributed by atoms with Crippen LogP contribution in [-0.2, 0) is 6.54 Å². The number of nitrogens with one attached hydrogen (secondary N) is 1. The fourth-order valence-electron chi connectivity index (χ4n) is 1.60. The Morgan fingerprint density at radius 2 is 2.00 bits per heavy atom.